The summed E-state index contributed by atoms with van der Waals surface area (Å²) in [5, 5.41) is 4.84. The van der Waals surface area contributed by atoms with E-state index < -0.39 is 6.43 Å². The van der Waals surface area contributed by atoms with Crippen molar-refractivity contribution < 1.29 is 13.6 Å². The Hall–Kier alpha value is -2.90. The predicted octanol–water partition coefficient (Wildman–Crippen LogP) is 3.48. The molecule has 1 unspecified atom stereocenters. The third kappa shape index (κ3) is 3.72. The normalized spacial score (nSPS) is 17.4. The van der Waals surface area contributed by atoms with Gasteiger partial charge in [-0.15, -0.1) is 0 Å². The standard InChI is InChI=1S/C20H21F2N5O/c1-13-8-18(20(21)22)25-27(13)12-19(28)26-7-3-5-15(11-26)17-9-16-14(10-24-17)4-2-6-23-16/h2,4,6,8-10,15,20H,3,5,7,11-12H2,1H3. The first-order chi connectivity index (χ1) is 13.5. The highest BCUT2D eigenvalue weighted by Crippen LogP contribution is 2.27. The molecule has 1 fully saturated rings. The number of nitrogens with zero attached hydrogens (tertiary/aromatic N) is 5. The SMILES string of the molecule is Cc1cc(C(F)F)nn1CC(=O)N1CCCC(c2cc3ncccc3cn2)C1. The number of carbonyl (C=O) groups excluding carboxylic acids is 1. The number of hydrogen-bond donors (Lipinski definition) is 0. The molecule has 0 saturated carbocycles. The van der Waals surface area contributed by atoms with Crippen LogP contribution >= 0.6 is 0 Å². The van der Waals surface area contributed by atoms with E-state index >= 15 is 0 Å². The van der Waals surface area contributed by atoms with Crippen molar-refractivity contribution >= 4 is 16.8 Å². The summed E-state index contributed by atoms with van der Waals surface area (Å²) in [6.07, 6.45) is 2.76. The Morgan fingerprint density at radius 2 is 2.18 bits per heavy atom. The maximum atomic E-state index is 12.8. The average molecular weight is 385 g/mol. The first kappa shape index (κ1) is 18.5. The fourth-order valence-corrected chi connectivity index (χ4v) is 3.68. The van der Waals surface area contributed by atoms with Gasteiger partial charge in [0.25, 0.3) is 6.43 Å². The van der Waals surface area contributed by atoms with Gasteiger partial charge in [-0.25, -0.2) is 8.78 Å². The smallest absolute Gasteiger partial charge is 0.282 e. The molecule has 1 saturated heterocycles. The second kappa shape index (κ2) is 7.61. The minimum atomic E-state index is -2.64. The molecule has 28 heavy (non-hydrogen) atoms. The number of likely N-dealkylation sites (tertiary alicyclic amines) is 1. The number of aryl methyl sites for hydroxylation is 1. The third-order valence-corrected chi connectivity index (χ3v) is 5.21. The van der Waals surface area contributed by atoms with Crippen LogP contribution in [-0.2, 0) is 11.3 Å². The molecular weight excluding hydrogens is 364 g/mol. The topological polar surface area (TPSA) is 63.9 Å². The van der Waals surface area contributed by atoms with E-state index in [9.17, 15) is 13.6 Å². The molecule has 4 rings (SSSR count). The largest absolute Gasteiger partial charge is 0.340 e. The highest BCUT2D eigenvalue weighted by Gasteiger charge is 2.26. The van der Waals surface area contributed by atoms with Gasteiger partial charge in [-0.2, -0.15) is 5.10 Å². The van der Waals surface area contributed by atoms with Gasteiger partial charge in [0, 0.05) is 48.2 Å². The third-order valence-electron chi connectivity index (χ3n) is 5.21. The van der Waals surface area contributed by atoms with Crippen LogP contribution in [0.25, 0.3) is 10.9 Å². The van der Waals surface area contributed by atoms with Gasteiger partial charge in [-0.05, 0) is 44.0 Å². The number of halogens is 2. The molecule has 1 aliphatic heterocycles. The molecule has 0 aromatic carbocycles. The van der Waals surface area contributed by atoms with E-state index in [0.29, 0.717) is 18.8 Å². The molecule has 0 radical (unpaired) electrons. The van der Waals surface area contributed by atoms with E-state index in [0.717, 1.165) is 29.4 Å². The molecule has 0 N–H and O–H groups in total. The summed E-state index contributed by atoms with van der Waals surface area (Å²) in [6, 6.07) is 7.15. The monoisotopic (exact) mass is 385 g/mol. The number of aromatic nitrogens is 4. The van der Waals surface area contributed by atoms with Gasteiger partial charge in [0.15, 0.2) is 0 Å². The van der Waals surface area contributed by atoms with Crippen molar-refractivity contribution in [2.45, 2.75) is 38.7 Å². The van der Waals surface area contributed by atoms with E-state index in [2.05, 4.69) is 15.1 Å². The van der Waals surface area contributed by atoms with Crippen LogP contribution in [-0.4, -0.2) is 43.6 Å². The lowest BCUT2D eigenvalue weighted by Gasteiger charge is -2.32. The van der Waals surface area contributed by atoms with Crippen molar-refractivity contribution in [3.8, 4) is 0 Å². The molecule has 3 aromatic rings. The molecule has 1 amide bonds. The zero-order valence-electron chi connectivity index (χ0n) is 15.6. The fraction of sp³-hybridized carbons (Fsp3) is 0.400. The van der Waals surface area contributed by atoms with Gasteiger partial charge in [-0.3, -0.25) is 19.4 Å². The molecule has 6 nitrogen and oxygen atoms in total. The van der Waals surface area contributed by atoms with E-state index in [1.165, 1.54) is 10.7 Å². The number of piperidine rings is 1. The molecule has 146 valence electrons. The van der Waals surface area contributed by atoms with Crippen LogP contribution in [0.3, 0.4) is 0 Å². The van der Waals surface area contributed by atoms with E-state index in [4.69, 9.17) is 0 Å². The Bertz CT molecular complexity index is 1000. The van der Waals surface area contributed by atoms with Crippen molar-refractivity contribution in [1.82, 2.24) is 24.6 Å². The Kier molecular flexibility index (Phi) is 5.02. The Morgan fingerprint density at radius 3 is 2.96 bits per heavy atom. The molecule has 0 aliphatic carbocycles. The van der Waals surface area contributed by atoms with Gasteiger partial charge < -0.3 is 4.90 Å². The minimum absolute atomic E-state index is 0.0298. The van der Waals surface area contributed by atoms with Crippen LogP contribution in [0.15, 0.2) is 36.7 Å². The van der Waals surface area contributed by atoms with Gasteiger partial charge in [0.05, 0.1) is 5.52 Å². The van der Waals surface area contributed by atoms with E-state index in [1.54, 1.807) is 18.0 Å². The molecular formula is C20H21F2N5O. The zero-order valence-corrected chi connectivity index (χ0v) is 15.6. The number of pyridine rings is 2. The number of fused-ring (bicyclic) bond motifs is 1. The quantitative estimate of drug-likeness (QED) is 0.690. The lowest BCUT2D eigenvalue weighted by atomic mass is 9.94. The van der Waals surface area contributed by atoms with Crippen LogP contribution in [0, 0.1) is 6.92 Å². The number of hydrogen-bond acceptors (Lipinski definition) is 4. The van der Waals surface area contributed by atoms with Crippen LogP contribution in [0.2, 0.25) is 0 Å². The van der Waals surface area contributed by atoms with Crippen molar-refractivity contribution in [3.63, 3.8) is 0 Å². The van der Waals surface area contributed by atoms with Gasteiger partial charge in [0.2, 0.25) is 5.91 Å². The zero-order chi connectivity index (χ0) is 19.7. The number of amides is 1. The number of alkyl halides is 2. The van der Waals surface area contributed by atoms with Crippen molar-refractivity contribution in [3.05, 3.63) is 53.7 Å². The van der Waals surface area contributed by atoms with E-state index in [-0.39, 0.29) is 24.1 Å². The highest BCUT2D eigenvalue weighted by atomic mass is 19.3. The van der Waals surface area contributed by atoms with Gasteiger partial charge >= 0.3 is 0 Å². The van der Waals surface area contributed by atoms with E-state index in [1.807, 2.05) is 24.4 Å². The molecule has 8 heteroatoms. The molecule has 1 atom stereocenters. The number of rotatable bonds is 4. The summed E-state index contributed by atoms with van der Waals surface area (Å²) < 4.78 is 27.0. The maximum absolute atomic E-state index is 12.8. The fourth-order valence-electron chi connectivity index (χ4n) is 3.68. The van der Waals surface area contributed by atoms with Gasteiger partial charge in [-0.1, -0.05) is 0 Å². The molecule has 0 spiro atoms. The summed E-state index contributed by atoms with van der Waals surface area (Å²) in [6.45, 7) is 2.87. The first-order valence-corrected chi connectivity index (χ1v) is 9.32. The van der Waals surface area contributed by atoms with Crippen LogP contribution in [0.4, 0.5) is 8.78 Å². The predicted molar refractivity (Wildman–Crippen MR) is 100 cm³/mol. The second-order valence-electron chi connectivity index (χ2n) is 7.15. The van der Waals surface area contributed by atoms with Gasteiger partial charge in [0.1, 0.15) is 12.2 Å². The maximum Gasteiger partial charge on any atom is 0.282 e. The summed E-state index contributed by atoms with van der Waals surface area (Å²) in [7, 11) is 0. The minimum Gasteiger partial charge on any atom is -0.340 e. The van der Waals surface area contributed by atoms with Crippen LogP contribution in [0.5, 0.6) is 0 Å². The number of carbonyl (C=O) groups is 1. The van der Waals surface area contributed by atoms with Crippen LogP contribution < -0.4 is 0 Å². The Balaban J connectivity index is 1.47. The van der Waals surface area contributed by atoms with Crippen molar-refractivity contribution in [1.29, 1.82) is 0 Å². The molecule has 3 aromatic heterocycles. The summed E-state index contributed by atoms with van der Waals surface area (Å²) in [5.74, 6) is 0.0232. The summed E-state index contributed by atoms with van der Waals surface area (Å²) in [5.41, 5.74) is 2.08. The highest BCUT2D eigenvalue weighted by molar-refractivity contribution is 5.78. The second-order valence-corrected chi connectivity index (χ2v) is 7.15. The van der Waals surface area contributed by atoms with Crippen molar-refractivity contribution in [2.75, 3.05) is 13.1 Å². The summed E-state index contributed by atoms with van der Waals surface area (Å²) in [4.78, 5) is 23.5. The lowest BCUT2D eigenvalue weighted by molar-refractivity contribution is -0.133. The Labute approximate surface area is 161 Å². The first-order valence-electron chi connectivity index (χ1n) is 9.32. The average Bonchev–Trinajstić information content (AvgIpc) is 3.08. The van der Waals surface area contributed by atoms with Crippen molar-refractivity contribution in [2.24, 2.45) is 0 Å². The van der Waals surface area contributed by atoms with Crippen LogP contribution in [0.1, 0.15) is 42.3 Å². The Morgan fingerprint density at radius 1 is 1.32 bits per heavy atom. The molecule has 1 aliphatic rings. The molecule has 0 bridgehead atoms. The lowest BCUT2D eigenvalue weighted by Crippen LogP contribution is -2.41. The molecule has 4 heterocycles. The summed E-state index contributed by atoms with van der Waals surface area (Å²) >= 11 is 0.